The Bertz CT molecular complexity index is 1060. The highest BCUT2D eigenvalue weighted by Crippen LogP contribution is 2.31. The van der Waals surface area contributed by atoms with Crippen molar-refractivity contribution in [1.29, 1.82) is 0 Å². The van der Waals surface area contributed by atoms with Crippen molar-refractivity contribution in [2.75, 3.05) is 10.6 Å². The molecular formula is C23H24N4O2S2. The molecule has 0 aliphatic heterocycles. The molecule has 6 nitrogen and oxygen atoms in total. The van der Waals surface area contributed by atoms with Gasteiger partial charge in [-0.3, -0.25) is 10.1 Å². The highest BCUT2D eigenvalue weighted by molar-refractivity contribution is 7.98. The minimum absolute atomic E-state index is 0.0588. The fourth-order valence-corrected chi connectivity index (χ4v) is 5.33. The molecule has 0 saturated heterocycles. The van der Waals surface area contributed by atoms with Crippen LogP contribution >= 0.6 is 23.1 Å². The second kappa shape index (κ2) is 10.1. The average molecular weight is 453 g/mol. The Balaban J connectivity index is 1.38. The zero-order valence-electron chi connectivity index (χ0n) is 17.3. The number of hydrogen-bond donors (Lipinski definition) is 2. The van der Waals surface area contributed by atoms with Crippen LogP contribution in [0.2, 0.25) is 0 Å². The van der Waals surface area contributed by atoms with E-state index in [4.69, 9.17) is 0 Å². The standard InChI is InChI=1S/C23H24N4O2S2/c1-15-9-10-19(18(12-15)21(28)16-6-2-3-7-16)26-22(29)27-23-25-13-17(31-23)14-30-20-8-4-5-11-24-20/h4-5,8-13,16H,2-3,6-7,14H2,1H3,(H2,25,26,27,29). The summed E-state index contributed by atoms with van der Waals surface area (Å²) in [5, 5.41) is 7.08. The van der Waals surface area contributed by atoms with Gasteiger partial charge in [-0.1, -0.05) is 30.5 Å². The van der Waals surface area contributed by atoms with Crippen molar-refractivity contribution in [2.45, 2.75) is 43.4 Å². The first kappa shape index (κ1) is 21.5. The third-order valence-electron chi connectivity index (χ3n) is 5.19. The number of anilines is 2. The molecule has 0 atom stereocenters. The Hall–Kier alpha value is -2.71. The zero-order chi connectivity index (χ0) is 21.6. The summed E-state index contributed by atoms with van der Waals surface area (Å²) in [5.74, 6) is 0.916. The number of Topliss-reactive ketones (excluding diaryl/α,β-unsaturated/α-hetero) is 1. The van der Waals surface area contributed by atoms with Crippen LogP contribution in [0.5, 0.6) is 0 Å². The Morgan fingerprint density at radius 1 is 1.13 bits per heavy atom. The van der Waals surface area contributed by atoms with Crippen LogP contribution in [0.1, 0.15) is 46.5 Å². The predicted octanol–water partition coefficient (Wildman–Crippen LogP) is 6.16. The van der Waals surface area contributed by atoms with Gasteiger partial charge in [-0.05, 0) is 44.0 Å². The van der Waals surface area contributed by atoms with Crippen LogP contribution in [0.4, 0.5) is 15.6 Å². The SMILES string of the molecule is Cc1ccc(NC(=O)Nc2ncc(CSc3ccccn3)s2)c(C(=O)C2CCCC2)c1. The van der Waals surface area contributed by atoms with Crippen molar-refractivity contribution >= 4 is 45.7 Å². The van der Waals surface area contributed by atoms with E-state index in [0.717, 1.165) is 46.9 Å². The number of pyridine rings is 1. The molecule has 1 fully saturated rings. The van der Waals surface area contributed by atoms with Crippen LogP contribution in [0, 0.1) is 12.8 Å². The number of hydrogen-bond acceptors (Lipinski definition) is 6. The number of ketones is 1. The molecule has 8 heteroatoms. The van der Waals surface area contributed by atoms with E-state index in [9.17, 15) is 9.59 Å². The molecule has 1 aliphatic carbocycles. The predicted molar refractivity (Wildman–Crippen MR) is 126 cm³/mol. The van der Waals surface area contributed by atoms with Crippen LogP contribution in [0.15, 0.2) is 53.8 Å². The molecular weight excluding hydrogens is 428 g/mol. The number of thiazole rings is 1. The van der Waals surface area contributed by atoms with E-state index in [1.807, 2.05) is 37.3 Å². The number of thioether (sulfide) groups is 1. The van der Waals surface area contributed by atoms with Crippen LogP contribution in [0.25, 0.3) is 0 Å². The van der Waals surface area contributed by atoms with Gasteiger partial charge in [-0.25, -0.2) is 14.8 Å². The molecule has 160 valence electrons. The molecule has 1 aromatic carbocycles. The fraction of sp³-hybridized carbons (Fsp3) is 0.304. The van der Waals surface area contributed by atoms with Gasteiger partial charge in [0.1, 0.15) is 0 Å². The molecule has 2 heterocycles. The molecule has 0 unspecified atom stereocenters. The zero-order valence-corrected chi connectivity index (χ0v) is 18.9. The topological polar surface area (TPSA) is 84.0 Å². The summed E-state index contributed by atoms with van der Waals surface area (Å²) >= 11 is 3.05. The molecule has 2 aromatic heterocycles. The quantitative estimate of drug-likeness (QED) is 0.331. The number of nitrogens with zero attached hydrogens (tertiary/aromatic N) is 2. The lowest BCUT2D eigenvalue weighted by Gasteiger charge is -2.14. The van der Waals surface area contributed by atoms with E-state index in [0.29, 0.717) is 16.4 Å². The molecule has 0 bridgehead atoms. The second-order valence-electron chi connectivity index (χ2n) is 7.56. The lowest BCUT2D eigenvalue weighted by Crippen LogP contribution is -2.22. The Morgan fingerprint density at radius 2 is 1.97 bits per heavy atom. The fourth-order valence-electron chi connectivity index (χ4n) is 3.64. The Labute approximate surface area is 189 Å². The van der Waals surface area contributed by atoms with Gasteiger partial charge >= 0.3 is 6.03 Å². The summed E-state index contributed by atoms with van der Waals surface area (Å²) in [5.41, 5.74) is 2.14. The number of benzene rings is 1. The molecule has 3 aromatic rings. The van der Waals surface area contributed by atoms with Gasteiger partial charge in [-0.2, -0.15) is 0 Å². The highest BCUT2D eigenvalue weighted by atomic mass is 32.2. The first-order valence-corrected chi connectivity index (χ1v) is 12.1. The number of carbonyl (C=O) groups is 2. The Kier molecular flexibility index (Phi) is 6.99. The van der Waals surface area contributed by atoms with E-state index < -0.39 is 6.03 Å². The maximum atomic E-state index is 13.0. The first-order valence-electron chi connectivity index (χ1n) is 10.3. The number of rotatable bonds is 7. The van der Waals surface area contributed by atoms with Gasteiger partial charge in [-0.15, -0.1) is 23.1 Å². The average Bonchev–Trinajstić information content (AvgIpc) is 3.46. The lowest BCUT2D eigenvalue weighted by molar-refractivity contribution is 0.0923. The van der Waals surface area contributed by atoms with E-state index in [1.54, 1.807) is 30.2 Å². The minimum Gasteiger partial charge on any atom is -0.307 e. The van der Waals surface area contributed by atoms with Gasteiger partial charge in [0.2, 0.25) is 0 Å². The number of carbonyl (C=O) groups excluding carboxylic acids is 2. The molecule has 2 amide bonds. The van der Waals surface area contributed by atoms with Gasteiger partial charge in [0, 0.05) is 34.5 Å². The monoisotopic (exact) mass is 452 g/mol. The second-order valence-corrected chi connectivity index (χ2v) is 9.67. The molecule has 1 aliphatic rings. The maximum Gasteiger partial charge on any atom is 0.325 e. The van der Waals surface area contributed by atoms with Gasteiger partial charge in [0.05, 0.1) is 10.7 Å². The van der Waals surface area contributed by atoms with Crippen LogP contribution in [0.3, 0.4) is 0 Å². The highest BCUT2D eigenvalue weighted by Gasteiger charge is 2.26. The normalized spacial score (nSPS) is 13.8. The smallest absolute Gasteiger partial charge is 0.307 e. The summed E-state index contributed by atoms with van der Waals surface area (Å²) < 4.78 is 0. The van der Waals surface area contributed by atoms with Crippen LogP contribution in [-0.2, 0) is 5.75 Å². The maximum absolute atomic E-state index is 13.0. The third kappa shape index (κ3) is 5.71. The third-order valence-corrected chi connectivity index (χ3v) is 7.28. The summed E-state index contributed by atoms with van der Waals surface area (Å²) in [4.78, 5) is 35.2. The molecule has 0 spiro atoms. The van der Waals surface area contributed by atoms with E-state index in [1.165, 1.54) is 11.3 Å². The molecule has 2 N–H and O–H groups in total. The summed E-state index contributed by atoms with van der Waals surface area (Å²) in [6.45, 7) is 1.95. The van der Waals surface area contributed by atoms with Crippen LogP contribution < -0.4 is 10.6 Å². The number of nitrogens with one attached hydrogen (secondary N) is 2. The largest absolute Gasteiger partial charge is 0.325 e. The van der Waals surface area contributed by atoms with Gasteiger partial charge < -0.3 is 5.32 Å². The molecule has 0 radical (unpaired) electrons. The van der Waals surface area contributed by atoms with E-state index in [2.05, 4.69) is 20.6 Å². The number of aromatic nitrogens is 2. The Morgan fingerprint density at radius 3 is 2.74 bits per heavy atom. The summed E-state index contributed by atoms with van der Waals surface area (Å²) in [6.07, 6.45) is 7.57. The molecule has 4 rings (SSSR count). The minimum atomic E-state index is -0.400. The summed E-state index contributed by atoms with van der Waals surface area (Å²) in [6, 6.07) is 11.0. The number of urea groups is 1. The van der Waals surface area contributed by atoms with Gasteiger partial charge in [0.25, 0.3) is 0 Å². The molecule has 1 saturated carbocycles. The van der Waals surface area contributed by atoms with Crippen molar-refractivity contribution in [1.82, 2.24) is 9.97 Å². The van der Waals surface area contributed by atoms with E-state index >= 15 is 0 Å². The van der Waals surface area contributed by atoms with Crippen molar-refractivity contribution < 1.29 is 9.59 Å². The molecule has 31 heavy (non-hydrogen) atoms. The first-order chi connectivity index (χ1) is 15.1. The van der Waals surface area contributed by atoms with E-state index in [-0.39, 0.29) is 11.7 Å². The van der Waals surface area contributed by atoms with Crippen molar-refractivity contribution in [3.05, 3.63) is 64.8 Å². The lowest BCUT2D eigenvalue weighted by atomic mass is 9.94. The number of amides is 2. The van der Waals surface area contributed by atoms with Crippen molar-refractivity contribution in [3.63, 3.8) is 0 Å². The number of aryl methyl sites for hydroxylation is 1. The summed E-state index contributed by atoms with van der Waals surface area (Å²) in [7, 11) is 0. The van der Waals surface area contributed by atoms with Crippen molar-refractivity contribution in [2.24, 2.45) is 5.92 Å². The van der Waals surface area contributed by atoms with Crippen molar-refractivity contribution in [3.8, 4) is 0 Å². The van der Waals surface area contributed by atoms with Gasteiger partial charge in [0.15, 0.2) is 10.9 Å². The van der Waals surface area contributed by atoms with Crippen LogP contribution in [-0.4, -0.2) is 21.8 Å².